The van der Waals surface area contributed by atoms with Crippen LogP contribution < -0.4 is 5.32 Å². The Morgan fingerprint density at radius 2 is 1.95 bits per heavy atom. The van der Waals surface area contributed by atoms with Crippen LogP contribution in [0.3, 0.4) is 0 Å². The van der Waals surface area contributed by atoms with Crippen molar-refractivity contribution in [3.8, 4) is 0 Å². The van der Waals surface area contributed by atoms with Crippen LogP contribution in [0.5, 0.6) is 0 Å². The Hall–Kier alpha value is -1.24. The van der Waals surface area contributed by atoms with Gasteiger partial charge in [0.25, 0.3) is 0 Å². The zero-order chi connectivity index (χ0) is 14.5. The number of benzene rings is 1. The molecule has 7 heteroatoms. The number of rotatable bonds is 3. The van der Waals surface area contributed by atoms with E-state index in [0.29, 0.717) is 20.0 Å². The first-order valence-corrected chi connectivity index (χ1v) is 7.43. The summed E-state index contributed by atoms with van der Waals surface area (Å²) in [6.45, 7) is 0. The fourth-order valence-corrected chi connectivity index (χ4v) is 2.37. The smallest absolute Gasteiger partial charge is 0.249 e. The lowest BCUT2D eigenvalue weighted by Gasteiger charge is -2.03. The van der Waals surface area contributed by atoms with Gasteiger partial charge in [-0.05, 0) is 55.6 Å². The largest absolute Gasteiger partial charge is 0.305 e. The first-order chi connectivity index (χ1) is 9.54. The molecule has 0 saturated carbocycles. The maximum atomic E-state index is 11.8. The average Bonchev–Trinajstić information content (AvgIpc) is 2.41. The van der Waals surface area contributed by atoms with Crippen molar-refractivity contribution in [1.29, 1.82) is 0 Å². The Kier molecular flexibility index (Phi) is 5.28. The van der Waals surface area contributed by atoms with E-state index in [1.165, 1.54) is 12.3 Å². The highest BCUT2D eigenvalue weighted by Gasteiger charge is 2.06. The van der Waals surface area contributed by atoms with Crippen molar-refractivity contribution in [1.82, 2.24) is 9.97 Å². The lowest BCUT2D eigenvalue weighted by molar-refractivity contribution is -0.111. The minimum absolute atomic E-state index is 0.294. The Bertz CT molecular complexity index is 659. The topological polar surface area (TPSA) is 54.9 Å². The van der Waals surface area contributed by atoms with E-state index in [9.17, 15) is 4.79 Å². The van der Waals surface area contributed by atoms with E-state index < -0.39 is 0 Å². The van der Waals surface area contributed by atoms with E-state index in [1.807, 2.05) is 12.1 Å². The monoisotopic (exact) mass is 415 g/mol. The van der Waals surface area contributed by atoms with Crippen molar-refractivity contribution in [3.63, 3.8) is 0 Å². The fourth-order valence-electron chi connectivity index (χ4n) is 1.33. The van der Waals surface area contributed by atoms with Gasteiger partial charge in [0, 0.05) is 11.1 Å². The molecule has 1 aromatic carbocycles. The molecular formula is C13H8Br2ClN3O. The van der Waals surface area contributed by atoms with Gasteiger partial charge >= 0.3 is 0 Å². The molecule has 0 aliphatic carbocycles. The van der Waals surface area contributed by atoms with Crippen LogP contribution >= 0.6 is 43.5 Å². The van der Waals surface area contributed by atoms with Crippen LogP contribution in [0, 0.1) is 0 Å². The lowest BCUT2D eigenvalue weighted by atomic mass is 10.2. The molecule has 1 aromatic heterocycles. The van der Waals surface area contributed by atoms with Gasteiger partial charge in [-0.2, -0.15) is 0 Å². The van der Waals surface area contributed by atoms with Crippen LogP contribution in [0.2, 0.25) is 5.02 Å². The van der Waals surface area contributed by atoms with Crippen LogP contribution in [0.1, 0.15) is 5.56 Å². The first kappa shape index (κ1) is 15.2. The summed E-state index contributed by atoms with van der Waals surface area (Å²) in [5.74, 6) is 0.0660. The van der Waals surface area contributed by atoms with Crippen LogP contribution in [0.4, 0.5) is 5.82 Å². The number of anilines is 1. The average molecular weight is 417 g/mol. The molecule has 0 saturated heterocycles. The van der Waals surface area contributed by atoms with E-state index in [-0.39, 0.29) is 5.91 Å². The number of halogens is 3. The molecule has 1 N–H and O–H groups in total. The van der Waals surface area contributed by atoms with E-state index in [0.717, 1.165) is 5.56 Å². The van der Waals surface area contributed by atoms with Crippen molar-refractivity contribution in [3.05, 3.63) is 56.3 Å². The van der Waals surface area contributed by atoms with Gasteiger partial charge in [0.2, 0.25) is 5.91 Å². The number of carbonyl (C=O) groups is 1. The number of nitrogens with zero attached hydrogens (tertiary/aromatic N) is 2. The van der Waals surface area contributed by atoms with Crippen LogP contribution in [0.15, 0.2) is 45.7 Å². The van der Waals surface area contributed by atoms with Gasteiger partial charge < -0.3 is 5.32 Å². The highest BCUT2D eigenvalue weighted by atomic mass is 79.9. The molecule has 102 valence electrons. The number of hydrogen-bond acceptors (Lipinski definition) is 3. The predicted molar refractivity (Wildman–Crippen MR) is 86.5 cm³/mol. The summed E-state index contributed by atoms with van der Waals surface area (Å²) in [5, 5.41) is 3.28. The molecule has 2 rings (SSSR count). The molecule has 1 amide bonds. The number of nitrogens with one attached hydrogen (secondary N) is 1. The van der Waals surface area contributed by atoms with Gasteiger partial charge in [-0.3, -0.25) is 4.79 Å². The Morgan fingerprint density at radius 3 is 2.60 bits per heavy atom. The van der Waals surface area contributed by atoms with Crippen LogP contribution in [-0.2, 0) is 4.79 Å². The molecular weight excluding hydrogens is 409 g/mol. The summed E-state index contributed by atoms with van der Waals surface area (Å²) in [7, 11) is 0. The van der Waals surface area contributed by atoms with Crippen molar-refractivity contribution in [2.75, 3.05) is 5.32 Å². The summed E-state index contributed by atoms with van der Waals surface area (Å²) in [4.78, 5) is 19.9. The summed E-state index contributed by atoms with van der Waals surface area (Å²) >= 11 is 12.2. The quantitative estimate of drug-likeness (QED) is 0.758. The Balaban J connectivity index is 2.03. The molecule has 0 aliphatic rings. The number of carbonyl (C=O) groups excluding carboxylic acids is 1. The maximum Gasteiger partial charge on any atom is 0.249 e. The minimum atomic E-state index is -0.294. The maximum absolute atomic E-state index is 11.8. The summed E-state index contributed by atoms with van der Waals surface area (Å²) in [5.41, 5.74) is 0.880. The normalized spacial score (nSPS) is 10.8. The van der Waals surface area contributed by atoms with Crippen molar-refractivity contribution in [2.45, 2.75) is 0 Å². The second-order valence-corrected chi connectivity index (χ2v) is 5.71. The summed E-state index contributed by atoms with van der Waals surface area (Å²) < 4.78 is 1.04. The standard InChI is InChI=1S/C13H8Br2ClN3O/c14-10-7-17-13(12(15)18-10)19-11(20)6-3-8-1-4-9(16)5-2-8/h1-7H,(H,17,19,20)/b6-3+. The molecule has 0 spiro atoms. The summed E-state index contributed by atoms with van der Waals surface area (Å²) in [6.07, 6.45) is 4.61. The van der Waals surface area contributed by atoms with Crippen LogP contribution in [-0.4, -0.2) is 15.9 Å². The van der Waals surface area contributed by atoms with Gasteiger partial charge in [0.05, 0.1) is 6.20 Å². The molecule has 2 aromatic rings. The van der Waals surface area contributed by atoms with E-state index >= 15 is 0 Å². The molecule has 0 aliphatic heterocycles. The second kappa shape index (κ2) is 6.97. The summed E-state index contributed by atoms with van der Waals surface area (Å²) in [6, 6.07) is 7.16. The van der Waals surface area contributed by atoms with Gasteiger partial charge in [-0.15, -0.1) is 0 Å². The molecule has 20 heavy (non-hydrogen) atoms. The van der Waals surface area contributed by atoms with Gasteiger partial charge in [-0.25, -0.2) is 9.97 Å². The van der Waals surface area contributed by atoms with Crippen LogP contribution in [0.25, 0.3) is 6.08 Å². The van der Waals surface area contributed by atoms with Gasteiger partial charge in [0.15, 0.2) is 5.82 Å². The Labute approximate surface area is 137 Å². The third kappa shape index (κ3) is 4.40. The van der Waals surface area contributed by atoms with E-state index in [4.69, 9.17) is 11.6 Å². The van der Waals surface area contributed by atoms with Gasteiger partial charge in [-0.1, -0.05) is 23.7 Å². The lowest BCUT2D eigenvalue weighted by Crippen LogP contribution is -2.10. The SMILES string of the molecule is O=C(/C=C/c1ccc(Cl)cc1)Nc1ncc(Br)nc1Br. The van der Waals surface area contributed by atoms with E-state index in [1.54, 1.807) is 18.2 Å². The molecule has 0 unspecified atom stereocenters. The van der Waals surface area contributed by atoms with Crippen molar-refractivity contribution < 1.29 is 4.79 Å². The van der Waals surface area contributed by atoms with Gasteiger partial charge in [0.1, 0.15) is 9.21 Å². The Morgan fingerprint density at radius 1 is 1.25 bits per heavy atom. The molecule has 0 radical (unpaired) electrons. The number of amides is 1. The number of hydrogen-bond donors (Lipinski definition) is 1. The zero-order valence-electron chi connectivity index (χ0n) is 9.98. The minimum Gasteiger partial charge on any atom is -0.305 e. The molecule has 1 heterocycles. The zero-order valence-corrected chi connectivity index (χ0v) is 13.9. The number of aromatic nitrogens is 2. The molecule has 0 bridgehead atoms. The highest BCUT2D eigenvalue weighted by molar-refractivity contribution is 9.11. The first-order valence-electron chi connectivity index (χ1n) is 5.47. The second-order valence-electron chi connectivity index (χ2n) is 3.71. The molecule has 4 nitrogen and oxygen atoms in total. The van der Waals surface area contributed by atoms with Crippen molar-refractivity contribution >= 4 is 61.3 Å². The molecule has 0 atom stereocenters. The molecule has 0 fully saturated rings. The third-order valence-corrected chi connectivity index (χ3v) is 3.43. The third-order valence-electron chi connectivity index (χ3n) is 2.24. The fraction of sp³-hybridized carbons (Fsp3) is 0. The van der Waals surface area contributed by atoms with E-state index in [2.05, 4.69) is 47.1 Å². The predicted octanol–water partition coefficient (Wildman–Crippen LogP) is 4.31. The highest BCUT2D eigenvalue weighted by Crippen LogP contribution is 2.19. The van der Waals surface area contributed by atoms with Crippen molar-refractivity contribution in [2.24, 2.45) is 0 Å².